The van der Waals surface area contributed by atoms with Crippen LogP contribution in [0.4, 0.5) is 4.79 Å². The summed E-state index contributed by atoms with van der Waals surface area (Å²) < 4.78 is 82.5. The van der Waals surface area contributed by atoms with Crippen LogP contribution >= 0.6 is 7.44 Å². The molecule has 0 aromatic heterocycles. The number of sulfonamides is 1. The van der Waals surface area contributed by atoms with E-state index in [1.54, 1.807) is 77.9 Å². The summed E-state index contributed by atoms with van der Waals surface area (Å²) in [4.78, 5) is 39.4. The van der Waals surface area contributed by atoms with Gasteiger partial charge in [-0.25, -0.2) is 23.4 Å². The predicted octanol–water partition coefficient (Wildman–Crippen LogP) is 4.69. The van der Waals surface area contributed by atoms with Gasteiger partial charge in [0.05, 0.1) is 56.5 Å². The second-order valence-electron chi connectivity index (χ2n) is 16.7. The molecule has 0 spiro atoms. The molecule has 0 aliphatic carbocycles. The van der Waals surface area contributed by atoms with Crippen LogP contribution in [0.15, 0.2) is 53.4 Å². The lowest BCUT2D eigenvalue weighted by Gasteiger charge is -2.31. The average molecular weight is 927 g/mol. The number of hydrogen-bond donors (Lipinski definition) is 4. The van der Waals surface area contributed by atoms with Crippen molar-refractivity contribution < 1.29 is 65.6 Å². The minimum absolute atomic E-state index is 0.0152. The molecule has 4 N–H and O–H groups in total. The van der Waals surface area contributed by atoms with E-state index in [0.29, 0.717) is 24.3 Å². The van der Waals surface area contributed by atoms with E-state index in [2.05, 4.69) is 15.5 Å². The van der Waals surface area contributed by atoms with Crippen molar-refractivity contribution in [1.82, 2.24) is 19.8 Å². The molecule has 0 bridgehead atoms. The number of nitrogens with one attached hydrogen (secondary N) is 3. The molecule has 20 heteroatoms. The van der Waals surface area contributed by atoms with Crippen LogP contribution in [0.25, 0.3) is 0 Å². The van der Waals surface area contributed by atoms with Crippen molar-refractivity contribution in [1.29, 1.82) is 0 Å². The molecule has 2 fully saturated rings. The monoisotopic (exact) mass is 926 g/mol. The zero-order chi connectivity index (χ0) is 46.5. The third kappa shape index (κ3) is 14.9. The van der Waals surface area contributed by atoms with E-state index in [0.717, 1.165) is 0 Å². The Bertz CT molecular complexity index is 1900. The van der Waals surface area contributed by atoms with Gasteiger partial charge >= 0.3 is 18.0 Å². The maximum Gasteiger partial charge on any atom is 0.407 e. The second-order valence-corrected chi connectivity index (χ2v) is 20.9. The SMILES string of the molecule is CCOC(=O)[C@@H](NP(=O)(COc1ccc(C[C@H](NC(=O)O[C@H]2CO[C@H]3OCC[C@H]32)[C@H](O)CN(CC(C)C)S(=O)(=O)c2ccc(OC)cc2)cc1)N[C@@H](C(=O)OCC)C(C)C)C(C)C. The Morgan fingerprint density at radius 2 is 1.43 bits per heavy atom. The average Bonchev–Trinajstić information content (AvgIpc) is 3.86. The number of esters is 2. The number of benzene rings is 2. The molecular formula is C43H67N4O14PS. The highest BCUT2D eigenvalue weighted by atomic mass is 32.2. The summed E-state index contributed by atoms with van der Waals surface area (Å²) in [5, 5.41) is 20.4. The molecular weight excluding hydrogens is 860 g/mol. The van der Waals surface area contributed by atoms with Gasteiger partial charge in [-0.05, 0) is 86.4 Å². The van der Waals surface area contributed by atoms with Gasteiger partial charge in [0, 0.05) is 13.1 Å². The van der Waals surface area contributed by atoms with E-state index in [1.807, 2.05) is 13.8 Å². The Morgan fingerprint density at radius 3 is 1.95 bits per heavy atom. The topological polar surface area (TPSA) is 227 Å². The third-order valence-electron chi connectivity index (χ3n) is 10.6. The third-order valence-corrected chi connectivity index (χ3v) is 14.3. The molecule has 2 aromatic carbocycles. The highest BCUT2D eigenvalue weighted by molar-refractivity contribution is 7.89. The van der Waals surface area contributed by atoms with Crippen molar-refractivity contribution in [3.05, 3.63) is 54.1 Å². The molecule has 354 valence electrons. The second kappa shape index (κ2) is 23.9. The number of rotatable bonds is 25. The van der Waals surface area contributed by atoms with Crippen molar-refractivity contribution in [2.75, 3.05) is 53.0 Å². The number of alkyl carbamates (subject to hydrolysis) is 1. The van der Waals surface area contributed by atoms with Gasteiger partial charge in [0.15, 0.2) is 12.6 Å². The Kier molecular flexibility index (Phi) is 19.7. The maximum atomic E-state index is 14.6. The van der Waals surface area contributed by atoms with Gasteiger partial charge < -0.3 is 43.6 Å². The van der Waals surface area contributed by atoms with E-state index >= 15 is 0 Å². The lowest BCUT2D eigenvalue weighted by Crippen LogP contribution is -2.51. The largest absolute Gasteiger partial charge is 0.497 e. The molecule has 63 heavy (non-hydrogen) atoms. The minimum Gasteiger partial charge on any atom is -0.497 e. The molecule has 1 unspecified atom stereocenters. The summed E-state index contributed by atoms with van der Waals surface area (Å²) in [5.74, 6) is -1.37. The Labute approximate surface area is 371 Å². The Hall–Kier alpha value is -3.81. The van der Waals surface area contributed by atoms with Crippen molar-refractivity contribution in [2.24, 2.45) is 23.7 Å². The highest BCUT2D eigenvalue weighted by Gasteiger charge is 2.44. The number of carbonyl (C=O) groups is 3. The van der Waals surface area contributed by atoms with Gasteiger partial charge in [0.2, 0.25) is 17.5 Å². The first kappa shape index (κ1) is 51.8. The van der Waals surface area contributed by atoms with Crippen LogP contribution in [0.5, 0.6) is 11.5 Å². The molecule has 2 aromatic rings. The number of amides is 1. The van der Waals surface area contributed by atoms with E-state index < -0.39 is 78.5 Å². The highest BCUT2D eigenvalue weighted by Crippen LogP contribution is 2.40. The van der Waals surface area contributed by atoms with Gasteiger partial charge in [-0.3, -0.25) is 14.2 Å². The van der Waals surface area contributed by atoms with Crippen LogP contribution in [0.2, 0.25) is 0 Å². The Balaban J connectivity index is 1.58. The maximum absolute atomic E-state index is 14.6. The number of nitrogens with zero attached hydrogens (tertiary/aromatic N) is 1. The summed E-state index contributed by atoms with van der Waals surface area (Å²) in [6, 6.07) is 9.50. The number of aliphatic hydroxyl groups excluding tert-OH is 1. The van der Waals surface area contributed by atoms with Crippen LogP contribution in [-0.4, -0.2) is 125 Å². The zero-order valence-electron chi connectivity index (χ0n) is 37.8. The minimum atomic E-state index is -4.10. The molecule has 0 saturated carbocycles. The molecule has 2 saturated heterocycles. The van der Waals surface area contributed by atoms with Gasteiger partial charge in [0.25, 0.3) is 0 Å². The molecule has 1 amide bonds. The molecule has 4 rings (SSSR count). The van der Waals surface area contributed by atoms with E-state index in [-0.39, 0.29) is 73.6 Å². The van der Waals surface area contributed by atoms with Gasteiger partial charge in [-0.2, -0.15) is 4.31 Å². The van der Waals surface area contributed by atoms with E-state index in [1.165, 1.54) is 23.5 Å². The molecule has 0 radical (unpaired) electrons. The summed E-state index contributed by atoms with van der Waals surface area (Å²) in [6.07, 6.45) is -3.02. The van der Waals surface area contributed by atoms with Crippen LogP contribution in [0, 0.1) is 23.7 Å². The van der Waals surface area contributed by atoms with Crippen molar-refractivity contribution in [2.45, 2.75) is 110 Å². The van der Waals surface area contributed by atoms with Gasteiger partial charge in [0.1, 0.15) is 29.7 Å². The predicted molar refractivity (Wildman–Crippen MR) is 234 cm³/mol. The van der Waals surface area contributed by atoms with E-state index in [9.17, 15) is 32.5 Å². The van der Waals surface area contributed by atoms with Crippen molar-refractivity contribution in [3.63, 3.8) is 0 Å². The Morgan fingerprint density at radius 1 is 0.857 bits per heavy atom. The quantitative estimate of drug-likeness (QED) is 0.0602. The van der Waals surface area contributed by atoms with Crippen LogP contribution in [-0.2, 0) is 54.3 Å². The first-order valence-electron chi connectivity index (χ1n) is 21.5. The van der Waals surface area contributed by atoms with Crippen LogP contribution < -0.4 is 25.0 Å². The van der Waals surface area contributed by atoms with Crippen LogP contribution in [0.1, 0.15) is 67.4 Å². The first-order valence-corrected chi connectivity index (χ1v) is 24.9. The molecule has 18 nitrogen and oxygen atoms in total. The van der Waals surface area contributed by atoms with Gasteiger partial charge in [-0.1, -0.05) is 53.7 Å². The fraction of sp³-hybridized carbons (Fsp3) is 0.651. The zero-order valence-corrected chi connectivity index (χ0v) is 39.5. The standard InChI is InChI=1S/C43H67N4O14PS/c1-10-56-40(49)38(28(5)6)45-62(52,46-39(29(7)8)41(50)57-11-2)26-60-32-14-12-30(13-15-32)22-35(44-43(51)61-37-25-59-42-34(37)20-21-58-42)36(48)24-47(23-27(3)4)63(53,54)33-18-16-31(55-9)17-19-33/h12-19,27-29,34-39,42,48H,10-11,20-26H2,1-9H3,(H,44,51)(H2,45,46,52)/t34-,35-,36+,37-,38-,39+,42+,62?/m0/s1. The van der Waals surface area contributed by atoms with Crippen molar-refractivity contribution >= 4 is 35.5 Å². The molecule has 2 aliphatic heterocycles. The lowest BCUT2D eigenvalue weighted by molar-refractivity contribution is -0.146. The molecule has 2 heterocycles. The molecule has 8 atom stereocenters. The summed E-state index contributed by atoms with van der Waals surface area (Å²) in [5.41, 5.74) is 0.623. The first-order chi connectivity index (χ1) is 29.8. The van der Waals surface area contributed by atoms with Gasteiger partial charge in [-0.15, -0.1) is 0 Å². The fourth-order valence-electron chi connectivity index (χ4n) is 7.18. The number of hydrogen-bond acceptors (Lipinski definition) is 14. The smallest absolute Gasteiger partial charge is 0.407 e. The lowest BCUT2D eigenvalue weighted by atomic mass is 10.0. The van der Waals surface area contributed by atoms with Crippen LogP contribution in [0.3, 0.4) is 0 Å². The number of carbonyl (C=O) groups excluding carboxylic acids is 3. The summed E-state index contributed by atoms with van der Waals surface area (Å²) in [6.45, 7) is 14.7. The summed E-state index contributed by atoms with van der Waals surface area (Å²) in [7, 11) is -6.53. The molecule has 2 aliphatic rings. The normalized spacial score (nSPS) is 20.4. The number of aliphatic hydroxyl groups is 1. The fourth-order valence-corrected chi connectivity index (χ4v) is 11.1. The number of ether oxygens (including phenoxy) is 7. The number of fused-ring (bicyclic) bond motifs is 1. The summed E-state index contributed by atoms with van der Waals surface area (Å²) >= 11 is 0. The van der Waals surface area contributed by atoms with Crippen molar-refractivity contribution in [3.8, 4) is 11.5 Å². The number of methoxy groups -OCH3 is 1. The van der Waals surface area contributed by atoms with E-state index in [4.69, 9.17) is 33.2 Å².